The Morgan fingerprint density at radius 2 is 1.50 bits per heavy atom. The van der Waals surface area contributed by atoms with Crippen LogP contribution >= 0.6 is 11.8 Å². The van der Waals surface area contributed by atoms with Gasteiger partial charge in [0.2, 0.25) is 5.91 Å². The first kappa shape index (κ1) is 20.0. The molecule has 0 bridgehead atoms. The molecule has 1 atom stereocenters. The minimum absolute atomic E-state index is 0.277. The average molecular weight is 404 g/mol. The highest BCUT2D eigenvalue weighted by Gasteiger charge is 2.43. The van der Waals surface area contributed by atoms with Crippen LogP contribution in [0, 0.1) is 5.92 Å². The summed E-state index contributed by atoms with van der Waals surface area (Å²) in [7, 11) is 0. The van der Waals surface area contributed by atoms with Gasteiger partial charge >= 0.3 is 0 Å². The van der Waals surface area contributed by atoms with Crippen molar-refractivity contribution < 1.29 is 23.2 Å². The zero-order valence-electron chi connectivity index (χ0n) is 15.2. The first-order chi connectivity index (χ1) is 13.3. The van der Waals surface area contributed by atoms with Crippen LogP contribution in [-0.2, 0) is 4.79 Å². The number of fused-ring (bicyclic) bond motifs is 1. The average Bonchev–Trinajstić information content (AvgIpc) is 2.88. The fourth-order valence-corrected chi connectivity index (χ4v) is 3.61. The summed E-state index contributed by atoms with van der Waals surface area (Å²) in [4.78, 5) is 39.6. The number of carbonyl (C=O) groups is 3. The van der Waals surface area contributed by atoms with E-state index in [1.165, 1.54) is 24.3 Å². The third-order valence-corrected chi connectivity index (χ3v) is 5.07. The van der Waals surface area contributed by atoms with Gasteiger partial charge in [0.25, 0.3) is 17.6 Å². The number of carbonyl (C=O) groups excluding carboxylic acids is 3. The Morgan fingerprint density at radius 3 is 1.96 bits per heavy atom. The van der Waals surface area contributed by atoms with Crippen LogP contribution in [0.5, 0.6) is 0 Å². The summed E-state index contributed by atoms with van der Waals surface area (Å²) in [6, 6.07) is 11.4. The van der Waals surface area contributed by atoms with Gasteiger partial charge in [-0.05, 0) is 42.3 Å². The molecule has 1 aliphatic heterocycles. The van der Waals surface area contributed by atoms with Crippen molar-refractivity contribution in [2.45, 2.75) is 30.5 Å². The molecule has 0 spiro atoms. The van der Waals surface area contributed by atoms with Crippen molar-refractivity contribution in [2.75, 3.05) is 5.32 Å². The van der Waals surface area contributed by atoms with Gasteiger partial charge in [-0.2, -0.15) is 8.78 Å². The van der Waals surface area contributed by atoms with E-state index >= 15 is 0 Å². The minimum atomic E-state index is -2.53. The maximum Gasteiger partial charge on any atom is 0.288 e. The van der Waals surface area contributed by atoms with Crippen LogP contribution in [0.15, 0.2) is 53.4 Å². The zero-order valence-corrected chi connectivity index (χ0v) is 16.0. The van der Waals surface area contributed by atoms with Crippen LogP contribution in [-0.4, -0.2) is 34.4 Å². The van der Waals surface area contributed by atoms with E-state index < -0.39 is 29.5 Å². The number of amides is 3. The molecule has 28 heavy (non-hydrogen) atoms. The van der Waals surface area contributed by atoms with Crippen molar-refractivity contribution in [3.05, 3.63) is 59.7 Å². The zero-order chi connectivity index (χ0) is 20.4. The summed E-state index contributed by atoms with van der Waals surface area (Å²) in [6.07, 6.45) is 0. The number of anilines is 1. The van der Waals surface area contributed by atoms with Crippen LogP contribution in [0.3, 0.4) is 0 Å². The highest BCUT2D eigenvalue weighted by molar-refractivity contribution is 7.99. The predicted molar refractivity (Wildman–Crippen MR) is 103 cm³/mol. The van der Waals surface area contributed by atoms with Gasteiger partial charge in [-0.15, -0.1) is 0 Å². The third kappa shape index (κ3) is 3.91. The van der Waals surface area contributed by atoms with Crippen molar-refractivity contribution >= 4 is 35.2 Å². The van der Waals surface area contributed by atoms with Crippen LogP contribution in [0.1, 0.15) is 34.6 Å². The van der Waals surface area contributed by atoms with Gasteiger partial charge in [0, 0.05) is 10.6 Å². The first-order valence-corrected chi connectivity index (χ1v) is 9.50. The van der Waals surface area contributed by atoms with Crippen molar-refractivity contribution in [1.82, 2.24) is 4.90 Å². The fraction of sp³-hybridized carbons (Fsp3) is 0.250. The first-order valence-electron chi connectivity index (χ1n) is 8.62. The summed E-state index contributed by atoms with van der Waals surface area (Å²) < 4.78 is 24.8. The second-order valence-electron chi connectivity index (χ2n) is 6.61. The minimum Gasteiger partial charge on any atom is -0.324 e. The third-order valence-electron chi connectivity index (χ3n) is 4.35. The lowest BCUT2D eigenvalue weighted by atomic mass is 10.0. The number of nitrogens with zero attached hydrogens (tertiary/aromatic N) is 1. The lowest BCUT2D eigenvalue weighted by Crippen LogP contribution is -2.50. The van der Waals surface area contributed by atoms with E-state index in [1.807, 2.05) is 0 Å². The number of hydrogen-bond donors (Lipinski definition) is 1. The van der Waals surface area contributed by atoms with Crippen LogP contribution in [0.4, 0.5) is 14.5 Å². The molecular weight excluding hydrogens is 386 g/mol. The van der Waals surface area contributed by atoms with Crippen molar-refractivity contribution in [1.29, 1.82) is 0 Å². The molecule has 3 amide bonds. The Kier molecular flexibility index (Phi) is 5.79. The summed E-state index contributed by atoms with van der Waals surface area (Å²) in [5, 5.41) is 2.67. The summed E-state index contributed by atoms with van der Waals surface area (Å²) in [5.74, 6) is -4.37. The Morgan fingerprint density at radius 1 is 0.964 bits per heavy atom. The van der Waals surface area contributed by atoms with Crippen LogP contribution in [0.25, 0.3) is 0 Å². The maximum absolute atomic E-state index is 12.9. The summed E-state index contributed by atoms with van der Waals surface area (Å²) >= 11 is 0.408. The number of rotatable bonds is 6. The molecule has 0 fully saturated rings. The molecule has 1 aliphatic rings. The molecule has 1 N–H and O–H groups in total. The van der Waals surface area contributed by atoms with E-state index in [2.05, 4.69) is 5.32 Å². The van der Waals surface area contributed by atoms with Gasteiger partial charge in [0.15, 0.2) is 0 Å². The number of imide groups is 1. The Bertz CT molecular complexity index is 881. The number of halogens is 2. The number of nitrogens with one attached hydrogen (secondary N) is 1. The van der Waals surface area contributed by atoms with Gasteiger partial charge in [0.1, 0.15) is 6.04 Å². The number of thioether (sulfide) groups is 1. The largest absolute Gasteiger partial charge is 0.324 e. The molecule has 0 unspecified atom stereocenters. The Hall–Kier alpha value is -2.74. The molecule has 8 heteroatoms. The van der Waals surface area contributed by atoms with E-state index in [9.17, 15) is 23.2 Å². The van der Waals surface area contributed by atoms with E-state index in [4.69, 9.17) is 0 Å². The topological polar surface area (TPSA) is 66.5 Å². The molecular formula is C20H18F2N2O3S. The van der Waals surface area contributed by atoms with Crippen LogP contribution in [0.2, 0.25) is 0 Å². The lowest BCUT2D eigenvalue weighted by molar-refractivity contribution is -0.121. The second-order valence-corrected chi connectivity index (χ2v) is 7.67. The molecule has 0 saturated heterocycles. The monoisotopic (exact) mass is 404 g/mol. The summed E-state index contributed by atoms with van der Waals surface area (Å²) in [5.41, 5.74) is 0.949. The molecule has 5 nitrogen and oxygen atoms in total. The van der Waals surface area contributed by atoms with E-state index in [-0.39, 0.29) is 17.0 Å². The Balaban J connectivity index is 1.80. The van der Waals surface area contributed by atoms with Crippen molar-refractivity contribution in [3.63, 3.8) is 0 Å². The van der Waals surface area contributed by atoms with Gasteiger partial charge in [-0.1, -0.05) is 37.7 Å². The molecule has 0 saturated carbocycles. The standard InChI is InChI=1S/C20H18F2N2O3S/c1-11(2)16(24-18(26)14-5-3-4-6-15(14)19(24)27)17(25)23-12-7-9-13(10-8-12)28-20(21)22/h3-11,16,20H,1-2H3,(H,23,25)/t16-/m0/s1. The highest BCUT2D eigenvalue weighted by Crippen LogP contribution is 2.29. The molecule has 0 aliphatic carbocycles. The molecule has 1 heterocycles. The Labute approximate surface area is 165 Å². The van der Waals surface area contributed by atoms with Gasteiger partial charge < -0.3 is 5.32 Å². The van der Waals surface area contributed by atoms with Crippen molar-refractivity contribution in [3.8, 4) is 0 Å². The lowest BCUT2D eigenvalue weighted by Gasteiger charge is -2.28. The van der Waals surface area contributed by atoms with Gasteiger partial charge in [0.05, 0.1) is 11.1 Å². The maximum atomic E-state index is 12.9. The fourth-order valence-electron chi connectivity index (χ4n) is 3.11. The molecule has 0 aromatic heterocycles. The summed E-state index contributed by atoms with van der Waals surface area (Å²) in [6.45, 7) is 3.49. The predicted octanol–water partition coefficient (Wildman–Crippen LogP) is 4.26. The van der Waals surface area contributed by atoms with E-state index in [1.54, 1.807) is 38.1 Å². The van der Waals surface area contributed by atoms with Crippen LogP contribution < -0.4 is 5.32 Å². The van der Waals surface area contributed by atoms with Gasteiger partial charge in [-0.25, -0.2) is 0 Å². The quantitative estimate of drug-likeness (QED) is 0.577. The molecule has 2 aromatic carbocycles. The van der Waals surface area contributed by atoms with E-state index in [0.717, 1.165) is 4.90 Å². The second kappa shape index (κ2) is 8.10. The molecule has 0 radical (unpaired) electrons. The number of benzene rings is 2. The number of alkyl halides is 2. The number of hydrogen-bond acceptors (Lipinski definition) is 4. The smallest absolute Gasteiger partial charge is 0.288 e. The van der Waals surface area contributed by atoms with E-state index in [0.29, 0.717) is 22.3 Å². The van der Waals surface area contributed by atoms with Crippen molar-refractivity contribution in [2.24, 2.45) is 5.92 Å². The molecule has 2 aromatic rings. The highest BCUT2D eigenvalue weighted by atomic mass is 32.2. The van der Waals surface area contributed by atoms with Gasteiger partial charge in [-0.3, -0.25) is 19.3 Å². The normalized spacial score (nSPS) is 14.6. The molecule has 146 valence electrons. The molecule has 3 rings (SSSR count). The SMILES string of the molecule is CC(C)[C@@H](C(=O)Nc1ccc(SC(F)F)cc1)N1C(=O)c2ccccc2C1=O.